The van der Waals surface area contributed by atoms with Crippen LogP contribution in [0.25, 0.3) is 0 Å². The van der Waals surface area contributed by atoms with E-state index in [9.17, 15) is 25.2 Å². The van der Waals surface area contributed by atoms with Gasteiger partial charge in [0.05, 0.1) is 30.8 Å². The summed E-state index contributed by atoms with van der Waals surface area (Å²) in [5, 5.41) is 41.2. The summed E-state index contributed by atoms with van der Waals surface area (Å²) in [7, 11) is 0. The fourth-order valence-electron chi connectivity index (χ4n) is 4.00. The Bertz CT molecular complexity index is 922. The molecule has 0 saturated heterocycles. The second kappa shape index (κ2) is 20.2. The van der Waals surface area contributed by atoms with Crippen LogP contribution in [0.1, 0.15) is 65.2 Å². The first-order chi connectivity index (χ1) is 18.6. The predicted octanol–water partition coefficient (Wildman–Crippen LogP) is 5.58. The normalized spacial score (nSPS) is 32.2. The van der Waals surface area contributed by atoms with E-state index in [0.29, 0.717) is 38.5 Å². The Balaban J connectivity index is 3.02. The van der Waals surface area contributed by atoms with Crippen LogP contribution in [-0.2, 0) is 9.53 Å². The molecular formula is C33H48O6. The third-order valence-corrected chi connectivity index (χ3v) is 6.31. The molecule has 1 aliphatic rings. The number of hydrogen-bond donors (Lipinski definition) is 4. The number of esters is 1. The molecule has 0 aliphatic carbocycles. The summed E-state index contributed by atoms with van der Waals surface area (Å²) < 4.78 is 5.76. The van der Waals surface area contributed by atoms with Gasteiger partial charge in [0.25, 0.3) is 0 Å². The van der Waals surface area contributed by atoms with Crippen LogP contribution in [0.3, 0.4) is 0 Å². The summed E-state index contributed by atoms with van der Waals surface area (Å²) in [6.45, 7) is 11.5. The van der Waals surface area contributed by atoms with Gasteiger partial charge in [-0.2, -0.15) is 0 Å². The SMILES string of the molecule is C=C/C=C/C=C\C(C)=C/C[C@H]1OC(=O)C[C@@H](O)C[C@@H](O)/C=C\CC(=C)C[C@H](O)CC/C=C\C[C@H](O)/C=C\[C@@H]1C. The monoisotopic (exact) mass is 540 g/mol. The molecule has 6 nitrogen and oxygen atoms in total. The molecule has 39 heavy (non-hydrogen) atoms. The van der Waals surface area contributed by atoms with Gasteiger partial charge in [0.2, 0.25) is 0 Å². The van der Waals surface area contributed by atoms with E-state index in [4.69, 9.17) is 4.74 Å². The number of rotatable bonds is 5. The number of allylic oxidation sites excluding steroid dienone is 8. The van der Waals surface area contributed by atoms with Crippen LogP contribution in [0, 0.1) is 5.92 Å². The standard InChI is InChI=1S/C33H48O6/c1-5-6-7-9-13-25(2)18-21-32-27(4)19-20-28(34)15-10-8-11-16-29(35)22-26(3)14-12-17-30(36)23-31(37)24-33(38)39-32/h5-10,12-13,17-20,27-32,34-37H,1,3,11,14-16,21-24H2,2,4H3/b7-6+,10-8-,13-9-,17-12-,20-19-,25-18-/t27-,28-,29+,30-,31-,32+/m0/s1. The highest BCUT2D eigenvalue weighted by molar-refractivity contribution is 5.70. The van der Waals surface area contributed by atoms with Crippen molar-refractivity contribution in [1.82, 2.24) is 0 Å². The van der Waals surface area contributed by atoms with Crippen LogP contribution < -0.4 is 0 Å². The Morgan fingerprint density at radius 2 is 1.77 bits per heavy atom. The van der Waals surface area contributed by atoms with Crippen molar-refractivity contribution in [2.75, 3.05) is 0 Å². The van der Waals surface area contributed by atoms with Gasteiger partial charge in [0.1, 0.15) is 6.10 Å². The molecule has 0 aromatic carbocycles. The van der Waals surface area contributed by atoms with Gasteiger partial charge in [0, 0.05) is 18.8 Å². The second-order valence-electron chi connectivity index (χ2n) is 10.2. The van der Waals surface area contributed by atoms with Crippen molar-refractivity contribution in [3.63, 3.8) is 0 Å². The van der Waals surface area contributed by atoms with Crippen molar-refractivity contribution in [1.29, 1.82) is 0 Å². The maximum Gasteiger partial charge on any atom is 0.308 e. The summed E-state index contributed by atoms with van der Waals surface area (Å²) in [5.74, 6) is -0.736. The topological polar surface area (TPSA) is 107 Å². The minimum absolute atomic E-state index is 0.00137. The average molecular weight is 541 g/mol. The summed E-state index contributed by atoms with van der Waals surface area (Å²) in [4.78, 5) is 12.7. The van der Waals surface area contributed by atoms with Crippen LogP contribution in [0.15, 0.2) is 97.2 Å². The van der Waals surface area contributed by atoms with Gasteiger partial charge in [0.15, 0.2) is 0 Å². The Hall–Kier alpha value is -2.77. The maximum absolute atomic E-state index is 12.7. The highest BCUT2D eigenvalue weighted by Crippen LogP contribution is 2.19. The maximum atomic E-state index is 12.7. The van der Waals surface area contributed by atoms with E-state index in [2.05, 4.69) is 13.2 Å². The Morgan fingerprint density at radius 3 is 2.51 bits per heavy atom. The number of aliphatic hydroxyl groups excluding tert-OH is 4. The Labute approximate surface area is 234 Å². The first-order valence-corrected chi connectivity index (χ1v) is 13.8. The Kier molecular flexibility index (Phi) is 17.7. The molecule has 6 heteroatoms. The van der Waals surface area contributed by atoms with Crippen molar-refractivity contribution < 1.29 is 30.0 Å². The van der Waals surface area contributed by atoms with Crippen LogP contribution in [0.4, 0.5) is 0 Å². The van der Waals surface area contributed by atoms with E-state index in [1.165, 1.54) is 0 Å². The van der Waals surface area contributed by atoms with Crippen molar-refractivity contribution in [2.24, 2.45) is 5.92 Å². The van der Waals surface area contributed by atoms with Crippen molar-refractivity contribution in [2.45, 2.75) is 95.7 Å². The zero-order valence-electron chi connectivity index (χ0n) is 23.6. The smallest absolute Gasteiger partial charge is 0.308 e. The number of cyclic esters (lactones) is 1. The molecule has 0 spiro atoms. The highest BCUT2D eigenvalue weighted by Gasteiger charge is 2.22. The van der Waals surface area contributed by atoms with E-state index in [1.54, 1.807) is 24.3 Å². The molecule has 0 fully saturated rings. The number of hydrogen-bond acceptors (Lipinski definition) is 6. The summed E-state index contributed by atoms with van der Waals surface area (Å²) >= 11 is 0. The van der Waals surface area contributed by atoms with Crippen molar-refractivity contribution in [3.8, 4) is 0 Å². The largest absolute Gasteiger partial charge is 0.461 e. The molecule has 0 unspecified atom stereocenters. The van der Waals surface area contributed by atoms with Gasteiger partial charge in [-0.15, -0.1) is 0 Å². The van der Waals surface area contributed by atoms with E-state index in [0.717, 1.165) is 11.1 Å². The molecule has 1 aliphatic heterocycles. The molecule has 0 amide bonds. The molecule has 1 heterocycles. The van der Waals surface area contributed by atoms with Crippen LogP contribution in [-0.4, -0.2) is 56.9 Å². The zero-order valence-corrected chi connectivity index (χ0v) is 23.6. The number of carbonyl (C=O) groups is 1. The lowest BCUT2D eigenvalue weighted by Crippen LogP contribution is -2.27. The lowest BCUT2D eigenvalue weighted by molar-refractivity contribution is -0.153. The average Bonchev–Trinajstić information content (AvgIpc) is 2.86. The van der Waals surface area contributed by atoms with E-state index < -0.39 is 36.5 Å². The van der Waals surface area contributed by atoms with Gasteiger partial charge in [-0.1, -0.05) is 104 Å². The van der Waals surface area contributed by atoms with Crippen LogP contribution in [0.5, 0.6) is 0 Å². The van der Waals surface area contributed by atoms with Gasteiger partial charge in [-0.3, -0.25) is 4.79 Å². The summed E-state index contributed by atoms with van der Waals surface area (Å²) in [6.07, 6.45) is 21.2. The molecule has 4 N–H and O–H groups in total. The van der Waals surface area contributed by atoms with Crippen LogP contribution in [0.2, 0.25) is 0 Å². The van der Waals surface area contributed by atoms with Crippen molar-refractivity contribution >= 4 is 5.97 Å². The number of ether oxygens (including phenoxy) is 1. The number of carbonyl (C=O) groups excluding carboxylic acids is 1. The van der Waals surface area contributed by atoms with Crippen molar-refractivity contribution in [3.05, 3.63) is 97.2 Å². The molecule has 0 saturated carbocycles. The fraction of sp³-hybridized carbons (Fsp3) is 0.485. The van der Waals surface area contributed by atoms with Gasteiger partial charge in [-0.25, -0.2) is 0 Å². The molecule has 0 aromatic rings. The molecule has 0 aromatic heterocycles. The Morgan fingerprint density at radius 1 is 1.00 bits per heavy atom. The van der Waals surface area contributed by atoms with E-state index >= 15 is 0 Å². The molecule has 1 rings (SSSR count). The molecule has 216 valence electrons. The highest BCUT2D eigenvalue weighted by atomic mass is 16.5. The van der Waals surface area contributed by atoms with Gasteiger partial charge in [-0.05, 0) is 39.0 Å². The lowest BCUT2D eigenvalue weighted by Gasteiger charge is -2.22. The van der Waals surface area contributed by atoms with Crippen LogP contribution >= 0.6 is 0 Å². The third kappa shape index (κ3) is 17.4. The van der Waals surface area contributed by atoms with E-state index in [-0.39, 0.29) is 18.8 Å². The fourth-order valence-corrected chi connectivity index (χ4v) is 4.00. The molecular weight excluding hydrogens is 492 g/mol. The minimum Gasteiger partial charge on any atom is -0.461 e. The quantitative estimate of drug-likeness (QED) is 0.206. The van der Waals surface area contributed by atoms with Gasteiger partial charge >= 0.3 is 5.97 Å². The first-order valence-electron chi connectivity index (χ1n) is 13.8. The molecule has 6 atom stereocenters. The number of aliphatic hydroxyl groups is 4. The summed E-state index contributed by atoms with van der Waals surface area (Å²) in [5.41, 5.74) is 1.84. The zero-order chi connectivity index (χ0) is 29.0. The second-order valence-corrected chi connectivity index (χ2v) is 10.2. The lowest BCUT2D eigenvalue weighted by atomic mass is 9.98. The van der Waals surface area contributed by atoms with E-state index in [1.807, 2.05) is 62.5 Å². The predicted molar refractivity (Wildman–Crippen MR) is 159 cm³/mol. The van der Waals surface area contributed by atoms with Gasteiger partial charge < -0.3 is 25.2 Å². The molecule has 0 bridgehead atoms. The first kappa shape index (κ1) is 34.3. The summed E-state index contributed by atoms with van der Waals surface area (Å²) in [6, 6.07) is 0. The minimum atomic E-state index is -1.06. The third-order valence-electron chi connectivity index (χ3n) is 6.31. The molecule has 0 radical (unpaired) electrons.